The molecule has 0 aromatic heterocycles. The standard InChI is InChI=1S/C5H2F3NS/c6-4(3-9)1-2-5(7,8)10-4/h1-2H. The predicted octanol–water partition coefficient (Wildman–Crippen LogP) is 2.07. The Morgan fingerprint density at radius 1 is 1.30 bits per heavy atom. The maximum atomic E-state index is 12.6. The van der Waals surface area contributed by atoms with Crippen LogP contribution in [0.2, 0.25) is 0 Å². The van der Waals surface area contributed by atoms with Crippen LogP contribution in [0.25, 0.3) is 0 Å². The van der Waals surface area contributed by atoms with E-state index in [2.05, 4.69) is 0 Å². The molecule has 0 radical (unpaired) electrons. The van der Waals surface area contributed by atoms with E-state index in [1.165, 1.54) is 0 Å². The van der Waals surface area contributed by atoms with Crippen LogP contribution in [-0.2, 0) is 0 Å². The van der Waals surface area contributed by atoms with Gasteiger partial charge in [-0.15, -0.1) is 0 Å². The number of halogens is 3. The van der Waals surface area contributed by atoms with Crippen molar-refractivity contribution >= 4 is 11.8 Å². The molecule has 1 unspecified atom stereocenters. The van der Waals surface area contributed by atoms with Crippen LogP contribution < -0.4 is 0 Å². The molecule has 1 aliphatic rings. The summed E-state index contributed by atoms with van der Waals surface area (Å²) in [7, 11) is 0. The average Bonchev–Trinajstić information content (AvgIpc) is 2.08. The van der Waals surface area contributed by atoms with Crippen LogP contribution >= 0.6 is 11.8 Å². The van der Waals surface area contributed by atoms with E-state index in [0.29, 0.717) is 12.2 Å². The van der Waals surface area contributed by atoms with E-state index in [1.54, 1.807) is 0 Å². The predicted molar refractivity (Wildman–Crippen MR) is 31.1 cm³/mol. The monoisotopic (exact) mass is 165 g/mol. The summed E-state index contributed by atoms with van der Waals surface area (Å²) in [5, 5.41) is 2.26. The Morgan fingerprint density at radius 2 is 1.90 bits per heavy atom. The molecule has 0 aromatic carbocycles. The molecule has 1 heterocycles. The van der Waals surface area contributed by atoms with Crippen molar-refractivity contribution in [1.29, 1.82) is 5.26 Å². The number of hydrogen-bond donors (Lipinski definition) is 0. The molecule has 1 rings (SSSR count). The molecule has 0 N–H and O–H groups in total. The van der Waals surface area contributed by atoms with Crippen molar-refractivity contribution in [3.63, 3.8) is 0 Å². The van der Waals surface area contributed by atoms with Crippen molar-refractivity contribution < 1.29 is 13.2 Å². The summed E-state index contributed by atoms with van der Waals surface area (Å²) in [6.07, 6.45) is 0.957. The lowest BCUT2D eigenvalue weighted by Gasteiger charge is -2.08. The molecule has 0 aliphatic carbocycles. The number of nitriles is 1. The zero-order chi connectivity index (χ0) is 7.83. The third-order valence-electron chi connectivity index (χ3n) is 0.929. The lowest BCUT2D eigenvalue weighted by Crippen LogP contribution is -2.12. The average molecular weight is 165 g/mol. The topological polar surface area (TPSA) is 23.8 Å². The fraction of sp³-hybridized carbons (Fsp3) is 0.400. The lowest BCUT2D eigenvalue weighted by atomic mass is 10.4. The molecule has 0 saturated carbocycles. The minimum absolute atomic E-state index is 0.302. The summed E-state index contributed by atoms with van der Waals surface area (Å²) in [6, 6.07) is 1.13. The van der Waals surface area contributed by atoms with Crippen LogP contribution in [0.4, 0.5) is 13.2 Å². The second kappa shape index (κ2) is 1.92. The zero-order valence-corrected chi connectivity index (χ0v) is 5.46. The van der Waals surface area contributed by atoms with E-state index in [9.17, 15) is 13.2 Å². The maximum Gasteiger partial charge on any atom is 0.316 e. The zero-order valence-electron chi connectivity index (χ0n) is 4.64. The van der Waals surface area contributed by atoms with Gasteiger partial charge in [-0.1, -0.05) is 0 Å². The Bertz CT molecular complexity index is 219. The first kappa shape index (κ1) is 7.48. The van der Waals surface area contributed by atoms with E-state index in [1.807, 2.05) is 0 Å². The highest BCUT2D eigenvalue weighted by Crippen LogP contribution is 2.47. The minimum atomic E-state index is -3.23. The highest BCUT2D eigenvalue weighted by atomic mass is 32.2. The van der Waals surface area contributed by atoms with E-state index in [0.717, 1.165) is 6.07 Å². The summed E-state index contributed by atoms with van der Waals surface area (Å²) in [6.45, 7) is 0. The summed E-state index contributed by atoms with van der Waals surface area (Å²) < 4.78 is 36.8. The number of hydrogen-bond acceptors (Lipinski definition) is 2. The third-order valence-corrected chi connectivity index (χ3v) is 1.86. The molecule has 0 aromatic rings. The van der Waals surface area contributed by atoms with E-state index < -0.39 is 10.3 Å². The largest absolute Gasteiger partial charge is 0.316 e. The summed E-state index contributed by atoms with van der Waals surface area (Å²) in [4.78, 5) is 0. The van der Waals surface area contributed by atoms with Gasteiger partial charge in [0.05, 0.1) is 0 Å². The normalized spacial score (nSPS) is 35.8. The quantitative estimate of drug-likeness (QED) is 0.513. The van der Waals surface area contributed by atoms with Crippen molar-refractivity contribution in [3.8, 4) is 6.07 Å². The van der Waals surface area contributed by atoms with Gasteiger partial charge >= 0.3 is 5.25 Å². The van der Waals surface area contributed by atoms with Crippen molar-refractivity contribution in [2.45, 2.75) is 10.3 Å². The molecule has 0 bridgehead atoms. The summed E-state index contributed by atoms with van der Waals surface area (Å²) >= 11 is -0.302. The van der Waals surface area contributed by atoms with Crippen molar-refractivity contribution in [2.24, 2.45) is 0 Å². The molecule has 0 saturated heterocycles. The fourth-order valence-electron chi connectivity index (χ4n) is 0.530. The van der Waals surface area contributed by atoms with Crippen LogP contribution in [0.3, 0.4) is 0 Å². The van der Waals surface area contributed by atoms with Gasteiger partial charge < -0.3 is 0 Å². The Hall–Kier alpha value is -0.630. The number of nitrogens with zero attached hydrogens (tertiary/aromatic N) is 1. The van der Waals surface area contributed by atoms with Crippen LogP contribution in [0.5, 0.6) is 0 Å². The molecule has 1 atom stereocenters. The highest BCUT2D eigenvalue weighted by Gasteiger charge is 2.46. The number of thioether (sulfide) groups is 1. The smallest absolute Gasteiger partial charge is 0.210 e. The van der Waals surface area contributed by atoms with Gasteiger partial charge in [-0.2, -0.15) is 14.0 Å². The third kappa shape index (κ3) is 1.27. The first-order valence-corrected chi connectivity index (χ1v) is 3.18. The summed E-state index contributed by atoms with van der Waals surface area (Å²) in [5.74, 6) is 0. The molecule has 10 heavy (non-hydrogen) atoms. The Morgan fingerprint density at radius 3 is 2.10 bits per heavy atom. The summed E-state index contributed by atoms with van der Waals surface area (Å²) in [5.41, 5.74) is 0. The lowest BCUT2D eigenvalue weighted by molar-refractivity contribution is 0.164. The van der Waals surface area contributed by atoms with Crippen LogP contribution in [0.1, 0.15) is 0 Å². The van der Waals surface area contributed by atoms with Crippen LogP contribution in [0.15, 0.2) is 12.2 Å². The van der Waals surface area contributed by atoms with Gasteiger partial charge in [-0.05, 0) is 23.9 Å². The molecule has 0 amide bonds. The first-order valence-electron chi connectivity index (χ1n) is 2.36. The Labute approximate surface area is 59.5 Å². The van der Waals surface area contributed by atoms with Gasteiger partial charge in [-0.25, -0.2) is 4.39 Å². The van der Waals surface area contributed by atoms with E-state index in [-0.39, 0.29) is 11.8 Å². The molecule has 54 valence electrons. The van der Waals surface area contributed by atoms with Gasteiger partial charge in [-0.3, -0.25) is 0 Å². The van der Waals surface area contributed by atoms with Gasteiger partial charge in [0.1, 0.15) is 6.07 Å². The van der Waals surface area contributed by atoms with Gasteiger partial charge in [0.15, 0.2) is 0 Å². The highest BCUT2D eigenvalue weighted by molar-refractivity contribution is 8.02. The fourth-order valence-corrected chi connectivity index (χ4v) is 1.24. The minimum Gasteiger partial charge on any atom is -0.210 e. The Kier molecular flexibility index (Phi) is 1.44. The van der Waals surface area contributed by atoms with Crippen molar-refractivity contribution in [3.05, 3.63) is 12.2 Å². The van der Waals surface area contributed by atoms with Crippen LogP contribution in [-0.4, -0.2) is 10.3 Å². The second-order valence-corrected chi connectivity index (χ2v) is 3.10. The van der Waals surface area contributed by atoms with E-state index >= 15 is 0 Å². The molecule has 1 aliphatic heterocycles. The Balaban J connectivity index is 2.81. The molecule has 0 fully saturated rings. The molecular formula is C5H2F3NS. The van der Waals surface area contributed by atoms with Crippen LogP contribution in [0, 0.1) is 11.3 Å². The molecule has 0 spiro atoms. The SMILES string of the molecule is N#CC1(F)C=CC(F)(F)S1. The number of rotatable bonds is 0. The molecule has 5 heteroatoms. The van der Waals surface area contributed by atoms with Gasteiger partial charge in [0, 0.05) is 0 Å². The molecular weight excluding hydrogens is 163 g/mol. The number of alkyl halides is 3. The van der Waals surface area contributed by atoms with E-state index in [4.69, 9.17) is 5.26 Å². The van der Waals surface area contributed by atoms with Crippen molar-refractivity contribution in [1.82, 2.24) is 0 Å². The van der Waals surface area contributed by atoms with Gasteiger partial charge in [0.25, 0.3) is 5.00 Å². The maximum absolute atomic E-state index is 12.6. The first-order chi connectivity index (χ1) is 4.47. The van der Waals surface area contributed by atoms with Gasteiger partial charge in [0.2, 0.25) is 0 Å². The van der Waals surface area contributed by atoms with Crippen molar-refractivity contribution in [2.75, 3.05) is 0 Å². The molecule has 1 nitrogen and oxygen atoms in total. The second-order valence-electron chi connectivity index (χ2n) is 1.75.